The lowest BCUT2D eigenvalue weighted by Gasteiger charge is -2.19. The number of aromatic nitrogens is 2. The second kappa shape index (κ2) is 6.17. The summed E-state index contributed by atoms with van der Waals surface area (Å²) in [6.07, 6.45) is 1.51. The summed E-state index contributed by atoms with van der Waals surface area (Å²) < 4.78 is 10.7. The molecule has 4 rings (SSSR count). The summed E-state index contributed by atoms with van der Waals surface area (Å²) in [5, 5.41) is 4.53. The van der Waals surface area contributed by atoms with Gasteiger partial charge in [-0.3, -0.25) is 5.01 Å². The molecular weight excluding hydrogens is 320 g/mol. The third-order valence-corrected chi connectivity index (χ3v) is 3.69. The third-order valence-electron chi connectivity index (χ3n) is 3.69. The lowest BCUT2D eigenvalue weighted by Crippen LogP contribution is -2.27. The second-order valence-electron chi connectivity index (χ2n) is 5.37. The number of para-hydroxylation sites is 1. The SMILES string of the molecule is Nc1cnc(Nc2ccc3c(c2)OCO3)nc1N(N)c1ccccc1. The Hall–Kier alpha value is -3.52. The molecule has 0 aliphatic carbocycles. The number of nitrogens with two attached hydrogens (primary N) is 2. The zero-order chi connectivity index (χ0) is 17.2. The minimum absolute atomic E-state index is 0.223. The van der Waals surface area contributed by atoms with Gasteiger partial charge < -0.3 is 20.5 Å². The Morgan fingerprint density at radius 2 is 1.84 bits per heavy atom. The first-order chi connectivity index (χ1) is 12.2. The molecule has 1 aliphatic heterocycles. The van der Waals surface area contributed by atoms with Crippen molar-refractivity contribution in [2.45, 2.75) is 0 Å². The Balaban J connectivity index is 1.61. The van der Waals surface area contributed by atoms with Crippen molar-refractivity contribution in [3.8, 4) is 11.5 Å². The number of benzene rings is 2. The van der Waals surface area contributed by atoms with E-state index in [1.165, 1.54) is 11.2 Å². The van der Waals surface area contributed by atoms with Gasteiger partial charge in [-0.15, -0.1) is 0 Å². The van der Waals surface area contributed by atoms with Crippen molar-refractivity contribution in [1.29, 1.82) is 0 Å². The predicted molar refractivity (Wildman–Crippen MR) is 95.1 cm³/mol. The van der Waals surface area contributed by atoms with Crippen molar-refractivity contribution in [2.24, 2.45) is 5.84 Å². The predicted octanol–water partition coefficient (Wildman–Crippen LogP) is 2.54. The van der Waals surface area contributed by atoms with E-state index in [0.29, 0.717) is 29.0 Å². The minimum Gasteiger partial charge on any atom is -0.454 e. The van der Waals surface area contributed by atoms with Crippen LogP contribution in [-0.4, -0.2) is 16.8 Å². The fourth-order valence-electron chi connectivity index (χ4n) is 2.45. The van der Waals surface area contributed by atoms with E-state index in [0.717, 1.165) is 11.4 Å². The van der Waals surface area contributed by atoms with Crippen LogP contribution < -0.4 is 31.4 Å². The number of ether oxygens (including phenoxy) is 2. The van der Waals surface area contributed by atoms with Gasteiger partial charge in [0.1, 0.15) is 0 Å². The zero-order valence-corrected chi connectivity index (χ0v) is 13.2. The van der Waals surface area contributed by atoms with Crippen molar-refractivity contribution in [1.82, 2.24) is 9.97 Å². The number of fused-ring (bicyclic) bond motifs is 1. The Labute approximate surface area is 144 Å². The molecule has 0 saturated heterocycles. The molecule has 0 bridgehead atoms. The van der Waals surface area contributed by atoms with Gasteiger partial charge in [-0.1, -0.05) is 18.2 Å². The zero-order valence-electron chi connectivity index (χ0n) is 13.2. The quantitative estimate of drug-likeness (QED) is 0.492. The molecule has 8 nitrogen and oxygen atoms in total. The van der Waals surface area contributed by atoms with Gasteiger partial charge in [0.2, 0.25) is 12.7 Å². The van der Waals surface area contributed by atoms with E-state index in [9.17, 15) is 0 Å². The molecule has 0 radical (unpaired) electrons. The van der Waals surface area contributed by atoms with E-state index in [4.69, 9.17) is 21.1 Å². The van der Waals surface area contributed by atoms with Gasteiger partial charge in [0.25, 0.3) is 0 Å². The van der Waals surface area contributed by atoms with Crippen LogP contribution >= 0.6 is 0 Å². The minimum atomic E-state index is 0.223. The van der Waals surface area contributed by atoms with E-state index < -0.39 is 0 Å². The van der Waals surface area contributed by atoms with Crippen LogP contribution in [0.4, 0.5) is 28.8 Å². The molecule has 5 N–H and O–H groups in total. The third kappa shape index (κ3) is 2.98. The van der Waals surface area contributed by atoms with Gasteiger partial charge in [-0.25, -0.2) is 10.8 Å². The average Bonchev–Trinajstić information content (AvgIpc) is 3.11. The molecule has 25 heavy (non-hydrogen) atoms. The Kier molecular flexibility index (Phi) is 3.71. The number of hydrogen-bond acceptors (Lipinski definition) is 8. The van der Waals surface area contributed by atoms with Crippen LogP contribution in [-0.2, 0) is 0 Å². The van der Waals surface area contributed by atoms with Crippen LogP contribution in [0, 0.1) is 0 Å². The average molecular weight is 336 g/mol. The molecule has 126 valence electrons. The van der Waals surface area contributed by atoms with Gasteiger partial charge in [0.05, 0.1) is 17.6 Å². The largest absolute Gasteiger partial charge is 0.454 e. The second-order valence-corrected chi connectivity index (χ2v) is 5.37. The van der Waals surface area contributed by atoms with Gasteiger partial charge in [0, 0.05) is 11.8 Å². The molecule has 0 saturated carbocycles. The highest BCUT2D eigenvalue weighted by Gasteiger charge is 2.15. The molecule has 0 fully saturated rings. The molecule has 1 aromatic heterocycles. The Morgan fingerprint density at radius 3 is 2.68 bits per heavy atom. The highest BCUT2D eigenvalue weighted by atomic mass is 16.7. The first-order valence-electron chi connectivity index (χ1n) is 7.60. The summed E-state index contributed by atoms with van der Waals surface area (Å²) in [5.41, 5.74) is 7.89. The fraction of sp³-hybridized carbons (Fsp3) is 0.0588. The summed E-state index contributed by atoms with van der Waals surface area (Å²) in [7, 11) is 0. The van der Waals surface area contributed by atoms with Crippen molar-refractivity contribution < 1.29 is 9.47 Å². The molecule has 3 aromatic rings. The number of anilines is 5. The lowest BCUT2D eigenvalue weighted by atomic mass is 10.3. The smallest absolute Gasteiger partial charge is 0.231 e. The van der Waals surface area contributed by atoms with Crippen LogP contribution in [0.2, 0.25) is 0 Å². The topological polar surface area (TPSA) is 112 Å². The summed E-state index contributed by atoms with van der Waals surface area (Å²) in [4.78, 5) is 8.62. The number of nitrogen functional groups attached to an aromatic ring is 1. The van der Waals surface area contributed by atoms with Crippen molar-refractivity contribution >= 4 is 28.8 Å². The van der Waals surface area contributed by atoms with Crippen LogP contribution in [0.15, 0.2) is 54.7 Å². The number of nitrogens with zero attached hydrogens (tertiary/aromatic N) is 3. The van der Waals surface area contributed by atoms with E-state index in [-0.39, 0.29) is 6.79 Å². The van der Waals surface area contributed by atoms with E-state index in [1.807, 2.05) is 48.5 Å². The van der Waals surface area contributed by atoms with Crippen LogP contribution in [0.25, 0.3) is 0 Å². The number of hydrogen-bond donors (Lipinski definition) is 3. The highest BCUT2D eigenvalue weighted by Crippen LogP contribution is 2.35. The summed E-state index contributed by atoms with van der Waals surface area (Å²) in [6.45, 7) is 0.223. The standard InChI is InChI=1S/C17H16N6O2/c18-13-9-20-17(21-11-6-7-14-15(8-11)25-10-24-14)22-16(13)23(19)12-4-2-1-3-5-12/h1-9H,10,18-19H2,(H,20,21,22). The molecule has 0 atom stereocenters. The molecule has 2 aromatic carbocycles. The first-order valence-corrected chi connectivity index (χ1v) is 7.60. The maximum absolute atomic E-state index is 6.15. The van der Waals surface area contributed by atoms with E-state index >= 15 is 0 Å². The molecule has 1 aliphatic rings. The summed E-state index contributed by atoms with van der Waals surface area (Å²) in [5.74, 6) is 8.31. The molecule has 0 unspecified atom stereocenters. The van der Waals surface area contributed by atoms with E-state index in [2.05, 4.69) is 15.3 Å². The maximum atomic E-state index is 6.15. The number of nitrogens with one attached hydrogen (secondary N) is 1. The molecule has 2 heterocycles. The normalized spacial score (nSPS) is 12.0. The highest BCUT2D eigenvalue weighted by molar-refractivity contribution is 5.71. The van der Waals surface area contributed by atoms with Gasteiger partial charge >= 0.3 is 0 Å². The summed E-state index contributed by atoms with van der Waals surface area (Å²) in [6, 6.07) is 14.9. The van der Waals surface area contributed by atoms with Crippen LogP contribution in [0.1, 0.15) is 0 Å². The van der Waals surface area contributed by atoms with Gasteiger partial charge in [-0.2, -0.15) is 4.98 Å². The molecule has 0 spiro atoms. The lowest BCUT2D eigenvalue weighted by molar-refractivity contribution is 0.174. The first kappa shape index (κ1) is 15.0. The fourth-order valence-corrected chi connectivity index (χ4v) is 2.45. The van der Waals surface area contributed by atoms with Crippen LogP contribution in [0.5, 0.6) is 11.5 Å². The van der Waals surface area contributed by atoms with Gasteiger partial charge in [-0.05, 0) is 24.3 Å². The maximum Gasteiger partial charge on any atom is 0.231 e. The Morgan fingerprint density at radius 1 is 1.04 bits per heavy atom. The molecule has 0 amide bonds. The van der Waals surface area contributed by atoms with Crippen molar-refractivity contribution in [2.75, 3.05) is 22.9 Å². The van der Waals surface area contributed by atoms with Crippen molar-refractivity contribution in [3.63, 3.8) is 0 Å². The number of hydrazine groups is 1. The monoisotopic (exact) mass is 336 g/mol. The Bertz CT molecular complexity index is 903. The van der Waals surface area contributed by atoms with Gasteiger partial charge in [0.15, 0.2) is 17.3 Å². The molecule has 8 heteroatoms. The van der Waals surface area contributed by atoms with E-state index in [1.54, 1.807) is 0 Å². The molecular formula is C17H16N6O2. The van der Waals surface area contributed by atoms with Crippen molar-refractivity contribution in [3.05, 3.63) is 54.7 Å². The number of rotatable bonds is 4. The summed E-state index contributed by atoms with van der Waals surface area (Å²) >= 11 is 0. The van der Waals surface area contributed by atoms with Crippen LogP contribution in [0.3, 0.4) is 0 Å².